The predicted octanol–water partition coefficient (Wildman–Crippen LogP) is 5.75. The second-order valence-electron chi connectivity index (χ2n) is 12.7. The zero-order valence-corrected chi connectivity index (χ0v) is 26.8. The number of nitrogens with one attached hydrogen (secondary N) is 3. The van der Waals surface area contributed by atoms with E-state index in [0.717, 1.165) is 39.2 Å². The highest BCUT2D eigenvalue weighted by atomic mass is 16.6. The molecule has 0 saturated heterocycles. The largest absolute Gasteiger partial charge is 0.453 e. The van der Waals surface area contributed by atoms with E-state index in [2.05, 4.69) is 15.6 Å². The number of amides is 3. The number of hydrogen-bond donors (Lipinski definition) is 3. The molecule has 0 bridgehead atoms. The third-order valence-corrected chi connectivity index (χ3v) is 8.32. The van der Waals surface area contributed by atoms with E-state index >= 15 is 0 Å². The zero-order chi connectivity index (χ0) is 33.3. The maximum absolute atomic E-state index is 13.8. The topological polar surface area (TPSA) is 143 Å². The molecule has 0 spiro atoms. The number of carbonyl (C=O) groups excluding carboxylic acids is 4. The van der Waals surface area contributed by atoms with Crippen molar-refractivity contribution < 1.29 is 28.7 Å². The summed E-state index contributed by atoms with van der Waals surface area (Å²) in [5.74, 6) is 0.268. The molecule has 0 fully saturated rings. The summed E-state index contributed by atoms with van der Waals surface area (Å²) in [6.45, 7) is 5.13. The number of para-hydroxylation sites is 1. The second-order valence-corrected chi connectivity index (χ2v) is 12.7. The lowest BCUT2D eigenvalue weighted by molar-refractivity contribution is -0.121. The van der Waals surface area contributed by atoms with Crippen molar-refractivity contribution in [1.82, 2.24) is 20.6 Å². The monoisotopic (exact) mass is 635 g/mol. The number of aryl methyl sites for hydroxylation is 1. The fraction of sp³-hybridized carbons (Fsp3) is 0.306. The summed E-state index contributed by atoms with van der Waals surface area (Å²) in [4.78, 5) is 60.2. The van der Waals surface area contributed by atoms with Gasteiger partial charge in [0.05, 0.1) is 37.3 Å². The van der Waals surface area contributed by atoms with Gasteiger partial charge in [-0.05, 0) is 61.4 Å². The summed E-state index contributed by atoms with van der Waals surface area (Å²) in [6, 6.07) is 20.2. The number of H-pyrrole nitrogens is 1. The highest BCUT2D eigenvalue weighted by molar-refractivity contribution is 6.02. The number of aromatic amines is 1. The van der Waals surface area contributed by atoms with Gasteiger partial charge in [0.2, 0.25) is 5.91 Å². The van der Waals surface area contributed by atoms with Crippen molar-refractivity contribution in [3.05, 3.63) is 95.4 Å². The molecule has 2 aliphatic rings. The number of hydrogen-bond acceptors (Lipinski definition) is 7. The Kier molecular flexibility index (Phi) is 8.55. The van der Waals surface area contributed by atoms with Crippen LogP contribution in [0.2, 0.25) is 0 Å². The lowest BCUT2D eigenvalue weighted by Gasteiger charge is -2.27. The van der Waals surface area contributed by atoms with Crippen molar-refractivity contribution in [2.75, 3.05) is 18.6 Å². The normalized spacial score (nSPS) is 17.0. The van der Waals surface area contributed by atoms with Gasteiger partial charge in [0.25, 0.3) is 0 Å². The van der Waals surface area contributed by atoms with E-state index in [1.807, 2.05) is 54.6 Å². The molecule has 242 valence electrons. The Morgan fingerprint density at radius 2 is 1.60 bits per heavy atom. The smallest absolute Gasteiger partial charge is 0.408 e. The van der Waals surface area contributed by atoms with E-state index in [0.29, 0.717) is 30.7 Å². The lowest BCUT2D eigenvalue weighted by atomic mass is 10.0. The molecule has 3 heterocycles. The van der Waals surface area contributed by atoms with Gasteiger partial charge in [-0.1, -0.05) is 66.7 Å². The summed E-state index contributed by atoms with van der Waals surface area (Å²) >= 11 is 0. The highest BCUT2D eigenvalue weighted by Crippen LogP contribution is 2.44. The summed E-state index contributed by atoms with van der Waals surface area (Å²) in [6.07, 6.45) is 2.26. The number of ketones is 1. The third kappa shape index (κ3) is 6.74. The summed E-state index contributed by atoms with van der Waals surface area (Å²) in [7, 11) is 1.29. The lowest BCUT2D eigenvalue weighted by Crippen LogP contribution is -2.48. The molecular formula is C36H37N5O6. The molecule has 0 aliphatic carbocycles. The number of ether oxygens (including phenoxy) is 2. The molecule has 47 heavy (non-hydrogen) atoms. The quantitative estimate of drug-likeness (QED) is 0.220. The molecule has 0 saturated carbocycles. The maximum atomic E-state index is 13.8. The number of carbonyl (C=O) groups is 4. The SMILES string of the molecule is COC(=O)N[C@H]1CCc2cccc3c2N(C1=O)[C@H](c1ncc(-c2ccc(-c4ccc(C(=O)CNC(=O)OC(C)(C)C)cc4)cc2)[nH]1)C3. The molecule has 3 N–H and O–H groups in total. The third-order valence-electron chi connectivity index (χ3n) is 8.32. The van der Waals surface area contributed by atoms with Crippen LogP contribution < -0.4 is 15.5 Å². The van der Waals surface area contributed by atoms with Crippen molar-refractivity contribution in [2.24, 2.45) is 0 Å². The Morgan fingerprint density at radius 1 is 0.936 bits per heavy atom. The van der Waals surface area contributed by atoms with Gasteiger partial charge in [0.15, 0.2) is 5.78 Å². The van der Waals surface area contributed by atoms with E-state index in [4.69, 9.17) is 14.5 Å². The first kappa shape index (κ1) is 31.5. The van der Waals surface area contributed by atoms with Gasteiger partial charge in [-0.2, -0.15) is 0 Å². The standard InChI is InChI=1S/C36H37N5O6/c1-36(2,3)47-34(44)38-20-30(42)24-14-10-22(11-15-24)21-8-12-23(13-9-21)28-19-37-32(39-28)29-18-26-7-5-6-25-16-17-27(40-35(45)46-4)33(43)41(29)31(25)26/h5-15,19,27,29H,16-18,20H2,1-4H3,(H,37,39)(H,38,44)(H,40,45)/t27-,29-/m0/s1. The summed E-state index contributed by atoms with van der Waals surface area (Å²) < 4.78 is 9.96. The molecule has 1 aromatic heterocycles. The minimum absolute atomic E-state index is 0.153. The number of imidazole rings is 1. The number of aromatic nitrogens is 2. The molecule has 6 rings (SSSR count). The Balaban J connectivity index is 1.15. The average molecular weight is 636 g/mol. The predicted molar refractivity (Wildman–Crippen MR) is 176 cm³/mol. The fourth-order valence-corrected chi connectivity index (χ4v) is 6.10. The van der Waals surface area contributed by atoms with Crippen molar-refractivity contribution in [3.8, 4) is 22.4 Å². The molecule has 2 aliphatic heterocycles. The van der Waals surface area contributed by atoms with Gasteiger partial charge in [0, 0.05) is 12.0 Å². The Bertz CT molecular complexity index is 1820. The molecule has 11 nitrogen and oxygen atoms in total. The van der Waals surface area contributed by atoms with Gasteiger partial charge in [-0.15, -0.1) is 0 Å². The second kappa shape index (κ2) is 12.7. The average Bonchev–Trinajstić information content (AvgIpc) is 3.67. The van der Waals surface area contributed by atoms with E-state index < -0.39 is 23.8 Å². The minimum Gasteiger partial charge on any atom is -0.453 e. The van der Waals surface area contributed by atoms with E-state index in [9.17, 15) is 19.2 Å². The molecule has 11 heteroatoms. The number of rotatable bonds is 7. The van der Waals surface area contributed by atoms with Crippen LogP contribution in [0.3, 0.4) is 0 Å². The number of benzene rings is 3. The van der Waals surface area contributed by atoms with Gasteiger partial charge < -0.3 is 25.1 Å². The van der Waals surface area contributed by atoms with Crippen LogP contribution in [-0.2, 0) is 27.1 Å². The van der Waals surface area contributed by atoms with Gasteiger partial charge in [-0.25, -0.2) is 14.6 Å². The van der Waals surface area contributed by atoms with Crippen molar-refractivity contribution in [2.45, 2.75) is 57.7 Å². The Morgan fingerprint density at radius 3 is 2.28 bits per heavy atom. The minimum atomic E-state index is -0.702. The van der Waals surface area contributed by atoms with Crippen molar-refractivity contribution >= 4 is 29.6 Å². The fourth-order valence-electron chi connectivity index (χ4n) is 6.10. The molecule has 2 atom stereocenters. The van der Waals surface area contributed by atoms with E-state index in [1.54, 1.807) is 44.0 Å². The van der Waals surface area contributed by atoms with Crippen LogP contribution >= 0.6 is 0 Å². The van der Waals surface area contributed by atoms with Crippen LogP contribution in [0.5, 0.6) is 0 Å². The molecule has 3 aromatic carbocycles. The van der Waals surface area contributed by atoms with E-state index in [-0.39, 0.29) is 24.3 Å². The van der Waals surface area contributed by atoms with Crippen LogP contribution in [0.25, 0.3) is 22.4 Å². The molecule has 4 aromatic rings. The van der Waals surface area contributed by atoms with Gasteiger partial charge >= 0.3 is 12.2 Å². The highest BCUT2D eigenvalue weighted by Gasteiger charge is 2.42. The number of anilines is 1. The summed E-state index contributed by atoms with van der Waals surface area (Å²) in [5, 5.41) is 5.21. The van der Waals surface area contributed by atoms with Gasteiger partial charge in [0.1, 0.15) is 17.5 Å². The van der Waals surface area contributed by atoms with Crippen molar-refractivity contribution in [1.29, 1.82) is 0 Å². The number of methoxy groups -OCH3 is 1. The van der Waals surface area contributed by atoms with Crippen molar-refractivity contribution in [3.63, 3.8) is 0 Å². The first-order valence-electron chi connectivity index (χ1n) is 15.5. The van der Waals surface area contributed by atoms with Crippen LogP contribution in [0.1, 0.15) is 60.5 Å². The zero-order valence-electron chi connectivity index (χ0n) is 26.8. The van der Waals surface area contributed by atoms with Crippen LogP contribution in [0, 0.1) is 0 Å². The molecule has 0 radical (unpaired) electrons. The summed E-state index contributed by atoms with van der Waals surface area (Å²) in [5.41, 5.74) is 6.56. The number of Topliss-reactive ketones (excluding diaryl/α,β-unsaturated/α-hetero) is 1. The maximum Gasteiger partial charge on any atom is 0.408 e. The first-order valence-corrected chi connectivity index (χ1v) is 15.5. The number of nitrogens with zero attached hydrogens (tertiary/aromatic N) is 2. The molecular weight excluding hydrogens is 598 g/mol. The Hall–Kier alpha value is -5.45. The number of alkyl carbamates (subject to hydrolysis) is 2. The van der Waals surface area contributed by atoms with Crippen LogP contribution in [-0.4, -0.2) is 59.1 Å². The van der Waals surface area contributed by atoms with E-state index in [1.165, 1.54) is 7.11 Å². The first-order chi connectivity index (χ1) is 22.5. The van der Waals surface area contributed by atoms with Crippen LogP contribution in [0.15, 0.2) is 72.9 Å². The molecule has 0 unspecified atom stereocenters. The Labute approximate surface area is 272 Å². The van der Waals surface area contributed by atoms with Crippen LogP contribution in [0.4, 0.5) is 15.3 Å². The molecule has 3 amide bonds. The van der Waals surface area contributed by atoms with Gasteiger partial charge in [-0.3, -0.25) is 14.5 Å².